The minimum Gasteiger partial charge on any atom is -0.325 e. The summed E-state index contributed by atoms with van der Waals surface area (Å²) in [7, 11) is 1.70. The lowest BCUT2D eigenvalue weighted by atomic mass is 10.1. The van der Waals surface area contributed by atoms with Gasteiger partial charge >= 0.3 is 0 Å². The maximum Gasteiger partial charge on any atom is 0.257 e. The van der Waals surface area contributed by atoms with Gasteiger partial charge < -0.3 is 16.0 Å². The summed E-state index contributed by atoms with van der Waals surface area (Å²) in [5, 5.41) is 8.55. The Morgan fingerprint density at radius 3 is 2.06 bits per heavy atom. The number of para-hydroxylation sites is 2. The molecule has 3 rings (SSSR count). The molecule has 7 nitrogen and oxygen atoms in total. The number of carbonyl (C=O) groups excluding carboxylic acids is 3. The zero-order valence-corrected chi connectivity index (χ0v) is 19.7. The Kier molecular flexibility index (Phi) is 8.54. The van der Waals surface area contributed by atoms with Crippen LogP contribution < -0.4 is 16.0 Å². The lowest BCUT2D eigenvalue weighted by molar-refractivity contribution is -0.119. The summed E-state index contributed by atoms with van der Waals surface area (Å²) in [5.41, 5.74) is 4.31. The van der Waals surface area contributed by atoms with Crippen LogP contribution >= 0.6 is 0 Å². The van der Waals surface area contributed by atoms with Crippen LogP contribution in [-0.2, 0) is 16.0 Å². The van der Waals surface area contributed by atoms with Crippen molar-refractivity contribution < 1.29 is 14.4 Å². The zero-order chi connectivity index (χ0) is 24.5. The summed E-state index contributed by atoms with van der Waals surface area (Å²) in [4.78, 5) is 39.5. The number of carbonyl (C=O) groups is 3. The Bertz CT molecular complexity index is 1180. The standard InChI is InChI=1S/C27H30N4O3/c1-4-20-11-5-7-14-23(20)29-25(32)17-31(3)18-26(33)30-24-15-8-6-13-22(24)27(34)28-21-12-9-10-19(2)16-21/h5-16H,4,17-18H2,1-3H3,(H,28,34)(H,29,32)(H,30,33). The van der Waals surface area contributed by atoms with Crippen molar-refractivity contribution in [2.45, 2.75) is 20.3 Å². The number of amides is 3. The summed E-state index contributed by atoms with van der Waals surface area (Å²) in [6, 6.07) is 22.0. The van der Waals surface area contributed by atoms with Crippen LogP contribution in [0.1, 0.15) is 28.4 Å². The zero-order valence-electron chi connectivity index (χ0n) is 19.7. The molecule has 3 aromatic rings. The van der Waals surface area contributed by atoms with E-state index in [9.17, 15) is 14.4 Å². The van der Waals surface area contributed by atoms with Crippen molar-refractivity contribution in [3.8, 4) is 0 Å². The van der Waals surface area contributed by atoms with Crippen LogP contribution in [0.25, 0.3) is 0 Å². The average molecular weight is 459 g/mol. The number of anilines is 3. The van der Waals surface area contributed by atoms with Gasteiger partial charge in [0.25, 0.3) is 5.91 Å². The van der Waals surface area contributed by atoms with Crippen molar-refractivity contribution in [3.05, 3.63) is 89.5 Å². The molecule has 176 valence electrons. The van der Waals surface area contributed by atoms with Crippen LogP contribution in [0.2, 0.25) is 0 Å². The van der Waals surface area contributed by atoms with Gasteiger partial charge in [0, 0.05) is 11.4 Å². The third-order valence-electron chi connectivity index (χ3n) is 5.22. The minimum absolute atomic E-state index is 0.00330. The Morgan fingerprint density at radius 1 is 0.765 bits per heavy atom. The molecule has 7 heteroatoms. The quantitative estimate of drug-likeness (QED) is 0.445. The van der Waals surface area contributed by atoms with Crippen LogP contribution in [0.5, 0.6) is 0 Å². The first-order valence-corrected chi connectivity index (χ1v) is 11.2. The molecule has 3 amide bonds. The second-order valence-corrected chi connectivity index (χ2v) is 8.15. The van der Waals surface area contributed by atoms with Crippen molar-refractivity contribution in [1.29, 1.82) is 0 Å². The highest BCUT2D eigenvalue weighted by molar-refractivity contribution is 6.10. The Balaban J connectivity index is 1.57. The first-order valence-electron chi connectivity index (χ1n) is 11.2. The molecule has 0 aromatic heterocycles. The lowest BCUT2D eigenvalue weighted by Crippen LogP contribution is -2.36. The largest absolute Gasteiger partial charge is 0.325 e. The normalized spacial score (nSPS) is 10.6. The fourth-order valence-electron chi connectivity index (χ4n) is 3.59. The SMILES string of the molecule is CCc1ccccc1NC(=O)CN(C)CC(=O)Nc1ccccc1C(=O)Nc1cccc(C)c1. The molecule has 0 saturated carbocycles. The van der Waals surface area contributed by atoms with Gasteiger partial charge in [0.2, 0.25) is 11.8 Å². The highest BCUT2D eigenvalue weighted by Crippen LogP contribution is 2.18. The molecule has 0 bridgehead atoms. The fourth-order valence-corrected chi connectivity index (χ4v) is 3.59. The molecule has 0 spiro atoms. The first-order chi connectivity index (χ1) is 16.4. The number of benzene rings is 3. The van der Waals surface area contributed by atoms with Crippen LogP contribution in [0.3, 0.4) is 0 Å². The predicted octanol–water partition coefficient (Wildman–Crippen LogP) is 4.32. The highest BCUT2D eigenvalue weighted by atomic mass is 16.2. The molecule has 3 N–H and O–H groups in total. The summed E-state index contributed by atoms with van der Waals surface area (Å²) in [6.45, 7) is 4.03. The summed E-state index contributed by atoms with van der Waals surface area (Å²) in [6.07, 6.45) is 0.811. The Hall–Kier alpha value is -3.97. The molecule has 0 heterocycles. The predicted molar refractivity (Wildman–Crippen MR) is 136 cm³/mol. The number of nitrogens with one attached hydrogen (secondary N) is 3. The van der Waals surface area contributed by atoms with E-state index in [1.807, 2.05) is 62.4 Å². The number of rotatable bonds is 9. The third-order valence-corrected chi connectivity index (χ3v) is 5.22. The monoisotopic (exact) mass is 458 g/mol. The smallest absolute Gasteiger partial charge is 0.257 e. The van der Waals surface area contributed by atoms with Crippen molar-refractivity contribution in [3.63, 3.8) is 0 Å². The van der Waals surface area contributed by atoms with Crippen molar-refractivity contribution in [1.82, 2.24) is 4.90 Å². The molecule has 3 aromatic carbocycles. The minimum atomic E-state index is -0.319. The van der Waals surface area contributed by atoms with E-state index in [0.717, 1.165) is 23.2 Å². The van der Waals surface area contributed by atoms with E-state index < -0.39 is 0 Å². The van der Waals surface area contributed by atoms with Gasteiger partial charge in [-0.05, 0) is 61.9 Å². The molecule has 0 aliphatic heterocycles. The van der Waals surface area contributed by atoms with Gasteiger partial charge in [0.05, 0.1) is 24.3 Å². The second-order valence-electron chi connectivity index (χ2n) is 8.15. The van der Waals surface area contributed by atoms with Crippen molar-refractivity contribution >= 4 is 34.8 Å². The van der Waals surface area contributed by atoms with E-state index in [1.165, 1.54) is 0 Å². The second kappa shape index (κ2) is 11.8. The number of aryl methyl sites for hydroxylation is 2. The van der Waals surface area contributed by atoms with Gasteiger partial charge in [-0.3, -0.25) is 19.3 Å². The lowest BCUT2D eigenvalue weighted by Gasteiger charge is -2.17. The first kappa shape index (κ1) is 24.7. The maximum atomic E-state index is 12.8. The van der Waals surface area contributed by atoms with E-state index >= 15 is 0 Å². The molecule has 34 heavy (non-hydrogen) atoms. The van der Waals surface area contributed by atoms with Gasteiger partial charge in [-0.2, -0.15) is 0 Å². The van der Waals surface area contributed by atoms with Crippen LogP contribution in [0.4, 0.5) is 17.1 Å². The van der Waals surface area contributed by atoms with E-state index in [-0.39, 0.29) is 30.8 Å². The Labute approximate surface area is 200 Å². The van der Waals surface area contributed by atoms with Gasteiger partial charge in [-0.1, -0.05) is 49.4 Å². The van der Waals surface area contributed by atoms with Crippen LogP contribution in [-0.4, -0.2) is 42.8 Å². The molecular weight excluding hydrogens is 428 g/mol. The number of hydrogen-bond donors (Lipinski definition) is 3. The number of nitrogens with zero attached hydrogens (tertiary/aromatic N) is 1. The summed E-state index contributed by atoms with van der Waals surface area (Å²) >= 11 is 0. The van der Waals surface area contributed by atoms with Gasteiger partial charge in [0.1, 0.15) is 0 Å². The Morgan fingerprint density at radius 2 is 1.38 bits per heavy atom. The molecule has 0 radical (unpaired) electrons. The summed E-state index contributed by atoms with van der Waals surface area (Å²) < 4.78 is 0. The molecule has 0 aliphatic carbocycles. The molecule has 0 saturated heterocycles. The fraction of sp³-hybridized carbons (Fsp3) is 0.222. The van der Waals surface area contributed by atoms with Gasteiger partial charge in [0.15, 0.2) is 0 Å². The third kappa shape index (κ3) is 7.02. The van der Waals surface area contributed by atoms with Gasteiger partial charge in [-0.15, -0.1) is 0 Å². The molecular formula is C27H30N4O3. The molecule has 0 atom stereocenters. The van der Waals surface area contributed by atoms with E-state index in [4.69, 9.17) is 0 Å². The number of likely N-dealkylation sites (N-methyl/N-ethyl adjacent to an activating group) is 1. The summed E-state index contributed by atoms with van der Waals surface area (Å²) in [5.74, 6) is -0.835. The molecule has 0 aliphatic rings. The molecule has 0 fully saturated rings. The van der Waals surface area contributed by atoms with Crippen molar-refractivity contribution in [2.24, 2.45) is 0 Å². The van der Waals surface area contributed by atoms with Crippen LogP contribution in [0.15, 0.2) is 72.8 Å². The van der Waals surface area contributed by atoms with Gasteiger partial charge in [-0.25, -0.2) is 0 Å². The van der Waals surface area contributed by atoms with Crippen molar-refractivity contribution in [2.75, 3.05) is 36.1 Å². The van der Waals surface area contributed by atoms with E-state index in [1.54, 1.807) is 36.2 Å². The van der Waals surface area contributed by atoms with E-state index in [2.05, 4.69) is 16.0 Å². The molecule has 0 unspecified atom stereocenters. The average Bonchev–Trinajstić information content (AvgIpc) is 2.79. The highest BCUT2D eigenvalue weighted by Gasteiger charge is 2.16. The number of hydrogen-bond acceptors (Lipinski definition) is 4. The maximum absolute atomic E-state index is 12.8. The topological polar surface area (TPSA) is 90.5 Å². The van der Waals surface area contributed by atoms with Crippen LogP contribution in [0, 0.1) is 6.92 Å². The van der Waals surface area contributed by atoms with E-state index in [0.29, 0.717) is 16.9 Å².